The minimum atomic E-state index is -5.34. The molecule has 138 valence electrons. The maximum Gasteiger partial charge on any atom is 0.491 e. The molecule has 0 unspecified atom stereocenters. The fraction of sp³-hybridized carbons (Fsp3) is 0.500. The standard InChI is InChI=1S/C16H17F4NO4/c1-24-12-6-5-10(14(22)25-15(23)16(18,19)20)13(17)11(12)9-21-7-3-2-4-8-21/h5-6H,2-4,7-9H2,1H3. The van der Waals surface area contributed by atoms with Crippen LogP contribution in [0.3, 0.4) is 0 Å². The van der Waals surface area contributed by atoms with E-state index in [0.717, 1.165) is 38.4 Å². The summed E-state index contributed by atoms with van der Waals surface area (Å²) in [7, 11) is 1.32. The Kier molecular flexibility index (Phi) is 5.99. The highest BCUT2D eigenvalue weighted by molar-refractivity contribution is 5.98. The predicted octanol–water partition coefficient (Wildman–Crippen LogP) is 3.07. The number of alkyl halides is 3. The van der Waals surface area contributed by atoms with Crippen molar-refractivity contribution in [3.63, 3.8) is 0 Å². The maximum absolute atomic E-state index is 14.7. The molecular weight excluding hydrogens is 346 g/mol. The van der Waals surface area contributed by atoms with Gasteiger partial charge in [0.05, 0.1) is 12.7 Å². The first-order valence-electron chi connectivity index (χ1n) is 7.65. The first-order chi connectivity index (χ1) is 11.7. The summed E-state index contributed by atoms with van der Waals surface area (Å²) in [5.41, 5.74) is -0.705. The number of carbonyl (C=O) groups is 2. The smallest absolute Gasteiger partial charge is 0.491 e. The van der Waals surface area contributed by atoms with E-state index in [1.807, 2.05) is 4.90 Å². The Morgan fingerprint density at radius 2 is 1.80 bits per heavy atom. The molecule has 1 heterocycles. The fourth-order valence-corrected chi connectivity index (χ4v) is 2.64. The second-order valence-corrected chi connectivity index (χ2v) is 5.62. The molecule has 9 heteroatoms. The molecule has 0 aromatic heterocycles. The lowest BCUT2D eigenvalue weighted by Gasteiger charge is -2.27. The van der Waals surface area contributed by atoms with Crippen molar-refractivity contribution >= 4 is 11.9 Å². The number of likely N-dealkylation sites (tertiary alicyclic amines) is 1. The molecule has 0 aliphatic carbocycles. The van der Waals surface area contributed by atoms with Crippen LogP contribution >= 0.6 is 0 Å². The van der Waals surface area contributed by atoms with Crippen molar-refractivity contribution < 1.29 is 36.6 Å². The number of ether oxygens (including phenoxy) is 2. The third-order valence-corrected chi connectivity index (χ3v) is 3.89. The minimum Gasteiger partial charge on any atom is -0.496 e. The van der Waals surface area contributed by atoms with Gasteiger partial charge in [-0.3, -0.25) is 4.90 Å². The normalized spacial score (nSPS) is 15.7. The summed E-state index contributed by atoms with van der Waals surface area (Å²) in [4.78, 5) is 24.4. The second kappa shape index (κ2) is 7.81. The summed E-state index contributed by atoms with van der Waals surface area (Å²) in [6, 6.07) is 2.19. The number of rotatable bonds is 4. The number of carbonyl (C=O) groups excluding carboxylic acids is 2. The topological polar surface area (TPSA) is 55.8 Å². The lowest BCUT2D eigenvalue weighted by atomic mass is 10.1. The fourth-order valence-electron chi connectivity index (χ4n) is 2.64. The number of hydrogen-bond donors (Lipinski definition) is 0. The number of benzene rings is 1. The van der Waals surface area contributed by atoms with E-state index in [4.69, 9.17) is 4.74 Å². The number of esters is 2. The molecule has 0 radical (unpaired) electrons. The highest BCUT2D eigenvalue weighted by Gasteiger charge is 2.43. The molecule has 5 nitrogen and oxygen atoms in total. The molecule has 0 saturated carbocycles. The Bertz CT molecular complexity index is 654. The summed E-state index contributed by atoms with van der Waals surface area (Å²) in [5.74, 6) is -5.26. The minimum absolute atomic E-state index is 0.0401. The van der Waals surface area contributed by atoms with E-state index in [9.17, 15) is 27.2 Å². The van der Waals surface area contributed by atoms with E-state index in [1.54, 1.807) is 0 Å². The molecule has 1 fully saturated rings. The van der Waals surface area contributed by atoms with Crippen LogP contribution in [0.2, 0.25) is 0 Å². The molecule has 0 amide bonds. The quantitative estimate of drug-likeness (QED) is 0.468. The maximum atomic E-state index is 14.7. The number of methoxy groups -OCH3 is 1. The van der Waals surface area contributed by atoms with Crippen molar-refractivity contribution in [2.24, 2.45) is 0 Å². The lowest BCUT2D eigenvalue weighted by Crippen LogP contribution is -2.30. The Morgan fingerprint density at radius 3 is 2.36 bits per heavy atom. The number of hydrogen-bond acceptors (Lipinski definition) is 5. The molecule has 1 saturated heterocycles. The second-order valence-electron chi connectivity index (χ2n) is 5.62. The zero-order valence-electron chi connectivity index (χ0n) is 13.5. The highest BCUT2D eigenvalue weighted by atomic mass is 19.4. The van der Waals surface area contributed by atoms with Gasteiger partial charge in [-0.05, 0) is 38.1 Å². The van der Waals surface area contributed by atoms with Crippen LogP contribution < -0.4 is 4.74 Å². The molecule has 0 spiro atoms. The van der Waals surface area contributed by atoms with E-state index in [2.05, 4.69) is 4.74 Å². The van der Waals surface area contributed by atoms with E-state index in [0.29, 0.717) is 0 Å². The summed E-state index contributed by atoms with van der Waals surface area (Å²) in [6.07, 6.45) is -2.37. The number of halogens is 4. The van der Waals surface area contributed by atoms with E-state index >= 15 is 0 Å². The summed E-state index contributed by atoms with van der Waals surface area (Å²) in [6.45, 7) is 1.62. The first kappa shape index (κ1) is 19.2. The Hall–Kier alpha value is -2.16. The van der Waals surface area contributed by atoms with Crippen LogP contribution in [0, 0.1) is 5.82 Å². The van der Waals surface area contributed by atoms with Crippen LogP contribution in [0.15, 0.2) is 12.1 Å². The molecule has 1 aliphatic rings. The van der Waals surface area contributed by atoms with Gasteiger partial charge < -0.3 is 9.47 Å². The molecule has 1 aromatic rings. The van der Waals surface area contributed by atoms with Gasteiger partial charge in [0, 0.05) is 12.1 Å². The predicted molar refractivity (Wildman–Crippen MR) is 78.6 cm³/mol. The van der Waals surface area contributed by atoms with Gasteiger partial charge in [0.25, 0.3) is 0 Å². The molecule has 0 atom stereocenters. The molecule has 0 bridgehead atoms. The molecule has 0 N–H and O–H groups in total. The van der Waals surface area contributed by atoms with E-state index in [1.165, 1.54) is 13.2 Å². The van der Waals surface area contributed by atoms with Gasteiger partial charge in [0.2, 0.25) is 0 Å². The zero-order chi connectivity index (χ0) is 18.6. The van der Waals surface area contributed by atoms with Crippen molar-refractivity contribution in [3.8, 4) is 5.75 Å². The Morgan fingerprint density at radius 1 is 1.16 bits per heavy atom. The van der Waals surface area contributed by atoms with Crippen LogP contribution in [-0.2, 0) is 16.1 Å². The Balaban J connectivity index is 2.26. The summed E-state index contributed by atoms with van der Waals surface area (Å²) < 4.78 is 60.0. The number of piperidine rings is 1. The van der Waals surface area contributed by atoms with Crippen LogP contribution in [-0.4, -0.2) is 43.2 Å². The van der Waals surface area contributed by atoms with Crippen LogP contribution in [0.25, 0.3) is 0 Å². The largest absolute Gasteiger partial charge is 0.496 e. The number of nitrogens with zero attached hydrogens (tertiary/aromatic N) is 1. The molecule has 25 heavy (non-hydrogen) atoms. The van der Waals surface area contributed by atoms with Gasteiger partial charge in [-0.25, -0.2) is 14.0 Å². The molecule has 1 aromatic carbocycles. The Labute approximate surface area is 141 Å². The van der Waals surface area contributed by atoms with Gasteiger partial charge in [-0.1, -0.05) is 6.42 Å². The monoisotopic (exact) mass is 363 g/mol. The van der Waals surface area contributed by atoms with Crippen molar-refractivity contribution in [2.75, 3.05) is 20.2 Å². The first-order valence-corrected chi connectivity index (χ1v) is 7.65. The average Bonchev–Trinajstić information content (AvgIpc) is 2.56. The van der Waals surface area contributed by atoms with Crippen LogP contribution in [0.1, 0.15) is 35.2 Å². The molecular formula is C16H17F4NO4. The van der Waals surface area contributed by atoms with Crippen molar-refractivity contribution in [1.29, 1.82) is 0 Å². The molecule has 1 aliphatic heterocycles. The third-order valence-electron chi connectivity index (χ3n) is 3.89. The summed E-state index contributed by atoms with van der Waals surface area (Å²) in [5, 5.41) is 0. The van der Waals surface area contributed by atoms with Crippen molar-refractivity contribution in [2.45, 2.75) is 32.0 Å². The summed E-state index contributed by atoms with van der Waals surface area (Å²) >= 11 is 0. The van der Waals surface area contributed by atoms with Gasteiger partial charge in [-0.2, -0.15) is 13.2 Å². The van der Waals surface area contributed by atoms with Crippen LogP contribution in [0.5, 0.6) is 5.75 Å². The van der Waals surface area contributed by atoms with Crippen molar-refractivity contribution in [3.05, 3.63) is 29.1 Å². The highest BCUT2D eigenvalue weighted by Crippen LogP contribution is 2.28. The van der Waals surface area contributed by atoms with Crippen LogP contribution in [0.4, 0.5) is 17.6 Å². The average molecular weight is 363 g/mol. The van der Waals surface area contributed by atoms with E-state index in [-0.39, 0.29) is 17.9 Å². The van der Waals surface area contributed by atoms with Gasteiger partial charge in [-0.15, -0.1) is 0 Å². The third kappa shape index (κ3) is 4.68. The van der Waals surface area contributed by atoms with Gasteiger partial charge in [0.1, 0.15) is 11.6 Å². The van der Waals surface area contributed by atoms with Crippen molar-refractivity contribution in [1.82, 2.24) is 4.90 Å². The SMILES string of the molecule is COc1ccc(C(=O)OC(=O)C(F)(F)F)c(F)c1CN1CCCCC1. The zero-order valence-corrected chi connectivity index (χ0v) is 13.5. The molecule has 2 rings (SSSR count). The van der Waals surface area contributed by atoms with Gasteiger partial charge >= 0.3 is 18.1 Å². The van der Waals surface area contributed by atoms with E-state index < -0.39 is 29.5 Å². The van der Waals surface area contributed by atoms with Gasteiger partial charge in [0.15, 0.2) is 0 Å². The lowest BCUT2D eigenvalue weighted by molar-refractivity contribution is -0.193.